The van der Waals surface area contributed by atoms with Gasteiger partial charge >= 0.3 is 0 Å². The Kier molecular flexibility index (Phi) is 7.79. The van der Waals surface area contributed by atoms with E-state index in [2.05, 4.69) is 39.2 Å². The van der Waals surface area contributed by atoms with Gasteiger partial charge in [0, 0.05) is 20.1 Å². The van der Waals surface area contributed by atoms with Crippen molar-refractivity contribution in [3.8, 4) is 0 Å². The molecule has 0 heterocycles. The summed E-state index contributed by atoms with van der Waals surface area (Å²) in [5.74, 6) is 0.0660. The fourth-order valence-corrected chi connectivity index (χ4v) is 2.48. The Bertz CT molecular complexity index is 247. The van der Waals surface area contributed by atoms with Crippen LogP contribution in [0.3, 0.4) is 0 Å². The minimum atomic E-state index is -1.55. The van der Waals surface area contributed by atoms with Crippen LogP contribution in [0.4, 0.5) is 0 Å². The van der Waals surface area contributed by atoms with Crippen LogP contribution in [0.15, 0.2) is 0 Å². The maximum absolute atomic E-state index is 10.7. The van der Waals surface area contributed by atoms with Crippen molar-refractivity contribution in [3.63, 3.8) is 0 Å². The van der Waals surface area contributed by atoms with E-state index in [1.54, 1.807) is 6.92 Å². The first-order valence-electron chi connectivity index (χ1n) is 7.05. The Morgan fingerprint density at radius 2 is 1.67 bits per heavy atom. The van der Waals surface area contributed by atoms with E-state index >= 15 is 0 Å². The molecule has 0 unspecified atom stereocenters. The lowest BCUT2D eigenvalue weighted by molar-refractivity contribution is -0.118. The maximum atomic E-state index is 10.7. The van der Waals surface area contributed by atoms with Crippen LogP contribution in [0.1, 0.15) is 53.4 Å². The largest absolute Gasteiger partial charge is 0.417 e. The van der Waals surface area contributed by atoms with Crippen molar-refractivity contribution < 1.29 is 9.22 Å². The fourth-order valence-electron chi connectivity index (χ4n) is 1.39. The summed E-state index contributed by atoms with van der Waals surface area (Å²) in [4.78, 5) is 10.7. The molecule has 0 saturated carbocycles. The number of nitrogens with one attached hydrogen (secondary N) is 1. The highest BCUT2D eigenvalue weighted by Gasteiger charge is 2.36. The van der Waals surface area contributed by atoms with Crippen LogP contribution in [-0.2, 0) is 9.22 Å². The summed E-state index contributed by atoms with van der Waals surface area (Å²) in [5, 5.41) is 3.12. The van der Waals surface area contributed by atoms with E-state index in [4.69, 9.17) is 4.43 Å². The number of carbonyl (C=O) groups is 1. The molecular formula is C14H31NO2Si. The fraction of sp³-hybridized carbons (Fsp3) is 0.929. The second kappa shape index (κ2) is 7.95. The highest BCUT2D eigenvalue weighted by Crippen LogP contribution is 2.36. The van der Waals surface area contributed by atoms with Crippen molar-refractivity contribution in [1.82, 2.24) is 5.32 Å². The third-order valence-corrected chi connectivity index (χ3v) is 8.25. The van der Waals surface area contributed by atoms with Crippen molar-refractivity contribution >= 4 is 14.2 Å². The van der Waals surface area contributed by atoms with Gasteiger partial charge in [-0.25, -0.2) is 0 Å². The van der Waals surface area contributed by atoms with Crippen LogP contribution in [0.5, 0.6) is 0 Å². The maximum Gasteiger partial charge on any atom is 0.216 e. The zero-order valence-electron chi connectivity index (χ0n) is 13.1. The molecule has 0 rings (SSSR count). The molecule has 3 nitrogen and oxygen atoms in total. The molecular weight excluding hydrogens is 242 g/mol. The molecule has 0 spiro atoms. The summed E-state index contributed by atoms with van der Waals surface area (Å²) < 4.78 is 6.11. The predicted molar refractivity (Wildman–Crippen MR) is 80.3 cm³/mol. The lowest BCUT2D eigenvalue weighted by Crippen LogP contribution is -2.40. The Balaban J connectivity index is 3.49. The normalized spacial score (nSPS) is 12.6. The van der Waals surface area contributed by atoms with Crippen LogP contribution in [0.25, 0.3) is 0 Å². The summed E-state index contributed by atoms with van der Waals surface area (Å²) in [6.07, 6.45) is 4.56. The summed E-state index contributed by atoms with van der Waals surface area (Å²) in [7, 11) is -1.55. The predicted octanol–water partition coefficient (Wildman–Crippen LogP) is 3.70. The van der Waals surface area contributed by atoms with Crippen molar-refractivity contribution in [2.24, 2.45) is 0 Å². The van der Waals surface area contributed by atoms with Gasteiger partial charge in [0.25, 0.3) is 0 Å². The molecule has 0 atom stereocenters. The molecule has 0 aliphatic rings. The Hall–Kier alpha value is -0.353. The molecule has 0 bridgehead atoms. The molecule has 0 aromatic heterocycles. The highest BCUT2D eigenvalue weighted by molar-refractivity contribution is 6.74. The van der Waals surface area contributed by atoms with Gasteiger partial charge in [-0.2, -0.15) is 0 Å². The Morgan fingerprint density at radius 1 is 1.11 bits per heavy atom. The van der Waals surface area contributed by atoms with Gasteiger partial charge in [-0.05, 0) is 31.0 Å². The van der Waals surface area contributed by atoms with Gasteiger partial charge in [-0.15, -0.1) is 0 Å². The number of carbonyl (C=O) groups excluding carboxylic acids is 1. The molecule has 0 saturated heterocycles. The molecule has 0 radical (unpaired) electrons. The van der Waals surface area contributed by atoms with E-state index in [-0.39, 0.29) is 5.91 Å². The van der Waals surface area contributed by atoms with Crippen LogP contribution < -0.4 is 5.32 Å². The molecule has 0 aliphatic carbocycles. The van der Waals surface area contributed by atoms with Gasteiger partial charge in [0.1, 0.15) is 0 Å². The third kappa shape index (κ3) is 7.87. The summed E-state index contributed by atoms with van der Waals surface area (Å²) in [6, 6.07) is 0. The van der Waals surface area contributed by atoms with Crippen molar-refractivity contribution in [2.45, 2.75) is 71.5 Å². The summed E-state index contributed by atoms with van der Waals surface area (Å²) in [5.41, 5.74) is 0. The van der Waals surface area contributed by atoms with Crippen LogP contribution in [0, 0.1) is 0 Å². The van der Waals surface area contributed by atoms with Crippen molar-refractivity contribution in [2.75, 3.05) is 13.2 Å². The van der Waals surface area contributed by atoms with E-state index in [1.807, 2.05) is 0 Å². The van der Waals surface area contributed by atoms with Gasteiger partial charge in [0.2, 0.25) is 5.91 Å². The summed E-state index contributed by atoms with van der Waals surface area (Å²) >= 11 is 0. The minimum Gasteiger partial charge on any atom is -0.417 e. The monoisotopic (exact) mass is 273 g/mol. The average molecular weight is 273 g/mol. The average Bonchev–Trinajstić information content (AvgIpc) is 2.19. The SMILES string of the molecule is CC(=O)NCCCCCCO[Si](C)(C)C(C)(C)C. The molecule has 0 fully saturated rings. The van der Waals surface area contributed by atoms with E-state index in [0.717, 1.165) is 26.0 Å². The van der Waals surface area contributed by atoms with Crippen LogP contribution in [0.2, 0.25) is 18.1 Å². The topological polar surface area (TPSA) is 38.3 Å². The first-order valence-corrected chi connectivity index (χ1v) is 9.96. The second-order valence-corrected chi connectivity index (χ2v) is 11.3. The van der Waals surface area contributed by atoms with Crippen LogP contribution >= 0.6 is 0 Å². The smallest absolute Gasteiger partial charge is 0.216 e. The number of amides is 1. The van der Waals surface area contributed by atoms with Gasteiger partial charge in [0.15, 0.2) is 8.32 Å². The minimum absolute atomic E-state index is 0.0660. The van der Waals surface area contributed by atoms with Gasteiger partial charge in [-0.1, -0.05) is 33.6 Å². The number of hydrogen-bond donors (Lipinski definition) is 1. The van der Waals surface area contributed by atoms with Gasteiger partial charge < -0.3 is 9.74 Å². The summed E-state index contributed by atoms with van der Waals surface area (Å²) in [6.45, 7) is 14.7. The van der Waals surface area contributed by atoms with Gasteiger partial charge in [-0.3, -0.25) is 4.79 Å². The number of hydrogen-bond acceptors (Lipinski definition) is 2. The van der Waals surface area contributed by atoms with E-state index < -0.39 is 8.32 Å². The quantitative estimate of drug-likeness (QED) is 0.541. The molecule has 18 heavy (non-hydrogen) atoms. The van der Waals surface area contributed by atoms with Crippen LogP contribution in [-0.4, -0.2) is 27.4 Å². The zero-order chi connectivity index (χ0) is 14.2. The third-order valence-electron chi connectivity index (χ3n) is 3.71. The molecule has 4 heteroatoms. The highest BCUT2D eigenvalue weighted by atomic mass is 28.4. The lowest BCUT2D eigenvalue weighted by Gasteiger charge is -2.36. The molecule has 0 aromatic carbocycles. The lowest BCUT2D eigenvalue weighted by atomic mass is 10.2. The zero-order valence-corrected chi connectivity index (χ0v) is 14.1. The van der Waals surface area contributed by atoms with E-state index in [1.165, 1.54) is 12.8 Å². The molecule has 0 aromatic rings. The molecule has 0 aliphatic heterocycles. The molecule has 1 amide bonds. The van der Waals surface area contributed by atoms with Crippen molar-refractivity contribution in [1.29, 1.82) is 0 Å². The Morgan fingerprint density at radius 3 is 2.17 bits per heavy atom. The number of rotatable bonds is 8. The second-order valence-electron chi connectivity index (χ2n) is 6.51. The van der Waals surface area contributed by atoms with Gasteiger partial charge in [0.05, 0.1) is 0 Å². The first-order chi connectivity index (χ1) is 8.17. The molecule has 108 valence electrons. The van der Waals surface area contributed by atoms with E-state index in [9.17, 15) is 4.79 Å². The number of unbranched alkanes of at least 4 members (excludes halogenated alkanes) is 3. The van der Waals surface area contributed by atoms with E-state index in [0.29, 0.717) is 5.04 Å². The Labute approximate surface area is 114 Å². The first kappa shape index (κ1) is 17.6. The molecule has 1 N–H and O–H groups in total. The van der Waals surface area contributed by atoms with Crippen molar-refractivity contribution in [3.05, 3.63) is 0 Å². The standard InChI is InChI=1S/C14H31NO2Si/c1-13(16)15-11-9-7-8-10-12-17-18(5,6)14(2,3)4/h7-12H2,1-6H3,(H,15,16).